The summed E-state index contributed by atoms with van der Waals surface area (Å²) in [4.78, 5) is 4.60. The lowest BCUT2D eigenvalue weighted by atomic mass is 10.1. The van der Waals surface area contributed by atoms with Gasteiger partial charge in [0.15, 0.2) is 0 Å². The maximum atomic E-state index is 6.02. The zero-order chi connectivity index (χ0) is 22.3. The zero-order valence-corrected chi connectivity index (χ0v) is 18.9. The highest BCUT2D eigenvalue weighted by Crippen LogP contribution is 2.28. The van der Waals surface area contributed by atoms with Crippen LogP contribution in [0.3, 0.4) is 0 Å². The van der Waals surface area contributed by atoms with E-state index in [0.29, 0.717) is 26.4 Å². The normalized spacial score (nSPS) is 11.1. The summed E-state index contributed by atoms with van der Waals surface area (Å²) in [5, 5.41) is 3.64. The number of nitrogens with zero attached hydrogens (tertiary/aromatic N) is 1. The standard InChI is InChI=1S/C25H33NO5/c1-5-6-13-29-24-17-20(2)25(21(3)18-24)31-15-8-7-14-28-22-10-9-11-23(19-22)30-16-12-26-27-4/h5-6,9-12,17-19H,7-8,13-16H2,1-4H3/b6-5+,26-12+. The Bertz CT molecular complexity index is 825. The van der Waals surface area contributed by atoms with E-state index in [9.17, 15) is 0 Å². The Hall–Kier alpha value is -3.15. The van der Waals surface area contributed by atoms with Crippen LogP contribution in [-0.2, 0) is 4.84 Å². The quantitative estimate of drug-likeness (QED) is 0.172. The van der Waals surface area contributed by atoms with E-state index in [2.05, 4.69) is 9.99 Å². The molecule has 0 bridgehead atoms. The highest BCUT2D eigenvalue weighted by Gasteiger charge is 2.07. The number of rotatable bonds is 14. The van der Waals surface area contributed by atoms with Gasteiger partial charge in [0.05, 0.1) is 19.4 Å². The number of ether oxygens (including phenoxy) is 4. The second kappa shape index (κ2) is 14.0. The van der Waals surface area contributed by atoms with Crippen LogP contribution in [0.5, 0.6) is 23.0 Å². The van der Waals surface area contributed by atoms with Crippen LogP contribution in [0.1, 0.15) is 30.9 Å². The molecule has 0 fully saturated rings. The molecule has 6 nitrogen and oxygen atoms in total. The van der Waals surface area contributed by atoms with Gasteiger partial charge < -0.3 is 23.8 Å². The molecule has 6 heteroatoms. The monoisotopic (exact) mass is 427 g/mol. The predicted octanol–water partition coefficient (Wildman–Crippen LogP) is 5.51. The average Bonchev–Trinajstić information content (AvgIpc) is 2.76. The minimum atomic E-state index is 0.344. The molecule has 0 aromatic heterocycles. The van der Waals surface area contributed by atoms with Gasteiger partial charge in [0.1, 0.15) is 43.3 Å². The van der Waals surface area contributed by atoms with E-state index >= 15 is 0 Å². The molecule has 0 spiro atoms. The second-order valence-electron chi connectivity index (χ2n) is 6.93. The van der Waals surface area contributed by atoms with Crippen molar-refractivity contribution in [3.05, 3.63) is 59.7 Å². The number of allylic oxidation sites excluding steroid dienone is 1. The van der Waals surface area contributed by atoms with Crippen molar-refractivity contribution in [1.82, 2.24) is 0 Å². The van der Waals surface area contributed by atoms with Gasteiger partial charge in [0, 0.05) is 6.07 Å². The molecule has 31 heavy (non-hydrogen) atoms. The first-order valence-corrected chi connectivity index (χ1v) is 10.5. The fraction of sp³-hybridized carbons (Fsp3) is 0.400. The van der Waals surface area contributed by atoms with Gasteiger partial charge in [-0.3, -0.25) is 0 Å². The lowest BCUT2D eigenvalue weighted by molar-refractivity contribution is 0.212. The molecule has 0 saturated carbocycles. The fourth-order valence-corrected chi connectivity index (χ4v) is 2.92. The summed E-state index contributed by atoms with van der Waals surface area (Å²) in [6.07, 6.45) is 7.32. The van der Waals surface area contributed by atoms with Gasteiger partial charge in [-0.15, -0.1) is 0 Å². The summed E-state index contributed by atoms with van der Waals surface area (Å²) in [6.45, 7) is 8.26. The summed E-state index contributed by atoms with van der Waals surface area (Å²) >= 11 is 0. The molecule has 0 unspecified atom stereocenters. The maximum Gasteiger partial charge on any atom is 0.127 e. The van der Waals surface area contributed by atoms with Crippen LogP contribution >= 0.6 is 0 Å². The van der Waals surface area contributed by atoms with Gasteiger partial charge in [0.2, 0.25) is 0 Å². The molecule has 2 rings (SSSR count). The Labute approximate surface area is 185 Å². The molecule has 0 atom stereocenters. The van der Waals surface area contributed by atoms with Crippen LogP contribution in [0.25, 0.3) is 0 Å². The number of benzene rings is 2. The van der Waals surface area contributed by atoms with Crippen LogP contribution in [0.4, 0.5) is 0 Å². The second-order valence-corrected chi connectivity index (χ2v) is 6.93. The first-order valence-electron chi connectivity index (χ1n) is 10.5. The third kappa shape index (κ3) is 9.03. The number of aryl methyl sites for hydroxylation is 2. The summed E-state index contributed by atoms with van der Waals surface area (Å²) in [5.41, 5.74) is 2.16. The molecule has 0 heterocycles. The van der Waals surface area contributed by atoms with E-state index in [1.165, 1.54) is 7.11 Å². The molecule has 0 N–H and O–H groups in total. The number of unbranched alkanes of at least 4 members (excludes halogenated alkanes) is 1. The van der Waals surface area contributed by atoms with E-state index < -0.39 is 0 Å². The Balaban J connectivity index is 1.70. The van der Waals surface area contributed by atoms with E-state index in [1.54, 1.807) is 6.21 Å². The molecule has 2 aromatic rings. The third-order valence-electron chi connectivity index (χ3n) is 4.38. The van der Waals surface area contributed by atoms with Gasteiger partial charge in [-0.2, -0.15) is 0 Å². The SMILES string of the molecule is C/C=C/COc1cc(C)c(OCCCCOc2cccc(OC/C=N/OC)c2)c(C)c1. The number of oxime groups is 1. The molecule has 2 aromatic carbocycles. The molecule has 0 aliphatic rings. The fourth-order valence-electron chi connectivity index (χ4n) is 2.92. The van der Waals surface area contributed by atoms with Crippen molar-refractivity contribution >= 4 is 6.21 Å². The summed E-state index contributed by atoms with van der Waals surface area (Å²) in [7, 11) is 1.50. The minimum Gasteiger partial charge on any atom is -0.493 e. The smallest absolute Gasteiger partial charge is 0.127 e. The van der Waals surface area contributed by atoms with E-state index in [-0.39, 0.29) is 0 Å². The van der Waals surface area contributed by atoms with Gasteiger partial charge in [-0.05, 0) is 69.0 Å². The Morgan fingerprint density at radius 1 is 0.806 bits per heavy atom. The zero-order valence-electron chi connectivity index (χ0n) is 18.9. The van der Waals surface area contributed by atoms with Crippen LogP contribution in [0.2, 0.25) is 0 Å². The van der Waals surface area contributed by atoms with Gasteiger partial charge in [-0.25, -0.2) is 0 Å². The Kier molecular flexibility index (Phi) is 10.9. The summed E-state index contributed by atoms with van der Waals surface area (Å²) in [5.74, 6) is 3.31. The van der Waals surface area contributed by atoms with Crippen molar-refractivity contribution < 1.29 is 23.8 Å². The third-order valence-corrected chi connectivity index (χ3v) is 4.38. The van der Waals surface area contributed by atoms with E-state index in [4.69, 9.17) is 18.9 Å². The van der Waals surface area contributed by atoms with Crippen molar-refractivity contribution in [3.8, 4) is 23.0 Å². The highest BCUT2D eigenvalue weighted by molar-refractivity contribution is 5.58. The molecular formula is C25H33NO5. The summed E-state index contributed by atoms with van der Waals surface area (Å²) in [6, 6.07) is 11.6. The van der Waals surface area contributed by atoms with Crippen molar-refractivity contribution in [2.75, 3.05) is 33.5 Å². The number of hydrogen-bond acceptors (Lipinski definition) is 6. The van der Waals surface area contributed by atoms with Gasteiger partial charge >= 0.3 is 0 Å². The van der Waals surface area contributed by atoms with Crippen molar-refractivity contribution in [2.24, 2.45) is 5.16 Å². The first kappa shape index (κ1) is 24.1. The van der Waals surface area contributed by atoms with Crippen LogP contribution in [0.15, 0.2) is 53.7 Å². The molecule has 0 saturated heterocycles. The van der Waals surface area contributed by atoms with Crippen molar-refractivity contribution in [1.29, 1.82) is 0 Å². The van der Waals surface area contributed by atoms with Crippen LogP contribution < -0.4 is 18.9 Å². The highest BCUT2D eigenvalue weighted by atomic mass is 16.6. The topological polar surface area (TPSA) is 58.5 Å². The minimum absolute atomic E-state index is 0.344. The molecule has 0 radical (unpaired) electrons. The van der Waals surface area contributed by atoms with Gasteiger partial charge in [-0.1, -0.05) is 23.4 Å². The lowest BCUT2D eigenvalue weighted by Crippen LogP contribution is -2.05. The molecule has 0 aliphatic carbocycles. The van der Waals surface area contributed by atoms with Crippen molar-refractivity contribution in [3.63, 3.8) is 0 Å². The van der Waals surface area contributed by atoms with E-state index in [1.807, 2.05) is 69.3 Å². The van der Waals surface area contributed by atoms with Crippen LogP contribution in [-0.4, -0.2) is 39.8 Å². The molecular weight excluding hydrogens is 394 g/mol. The Morgan fingerprint density at radius 3 is 2.13 bits per heavy atom. The predicted molar refractivity (Wildman–Crippen MR) is 124 cm³/mol. The lowest BCUT2D eigenvalue weighted by Gasteiger charge is -2.14. The first-order chi connectivity index (χ1) is 15.1. The number of hydrogen-bond donors (Lipinski definition) is 0. The summed E-state index contributed by atoms with van der Waals surface area (Å²) < 4.78 is 23.1. The molecule has 0 amide bonds. The van der Waals surface area contributed by atoms with Crippen molar-refractivity contribution in [2.45, 2.75) is 33.6 Å². The average molecular weight is 428 g/mol. The Morgan fingerprint density at radius 2 is 1.45 bits per heavy atom. The molecule has 0 aliphatic heterocycles. The molecule has 168 valence electrons. The van der Waals surface area contributed by atoms with E-state index in [0.717, 1.165) is 47.0 Å². The largest absolute Gasteiger partial charge is 0.493 e. The van der Waals surface area contributed by atoms with Gasteiger partial charge in [0.25, 0.3) is 0 Å². The van der Waals surface area contributed by atoms with Crippen LogP contribution in [0, 0.1) is 13.8 Å². The maximum absolute atomic E-state index is 6.02.